The van der Waals surface area contributed by atoms with Gasteiger partial charge in [-0.3, -0.25) is 4.98 Å². The number of hydrogen-bond donors (Lipinski definition) is 1. The largest absolute Gasteiger partial charge is 0.464 e. The maximum atomic E-state index is 11.5. The molecule has 6 heteroatoms. The SMILES string of the molecule is O=C(O)N(c1cccnc1)c1ccn(C2=CCCC=C2)n1. The lowest BCUT2D eigenvalue weighted by atomic mass is 10.1. The molecule has 0 saturated carbocycles. The summed E-state index contributed by atoms with van der Waals surface area (Å²) in [6, 6.07) is 5.04. The van der Waals surface area contributed by atoms with Gasteiger partial charge < -0.3 is 5.11 Å². The molecule has 0 atom stereocenters. The Morgan fingerprint density at radius 1 is 1.33 bits per heavy atom. The van der Waals surface area contributed by atoms with Crippen LogP contribution in [0, 0.1) is 0 Å². The van der Waals surface area contributed by atoms with Crippen LogP contribution in [0.1, 0.15) is 12.8 Å². The molecule has 2 heterocycles. The van der Waals surface area contributed by atoms with Crippen molar-refractivity contribution in [3.8, 4) is 0 Å². The molecule has 3 rings (SSSR count). The van der Waals surface area contributed by atoms with Crippen LogP contribution in [0.2, 0.25) is 0 Å². The van der Waals surface area contributed by atoms with Crippen molar-refractivity contribution in [2.24, 2.45) is 0 Å². The summed E-state index contributed by atoms with van der Waals surface area (Å²) in [5, 5.41) is 13.8. The van der Waals surface area contributed by atoms with Gasteiger partial charge in [-0.2, -0.15) is 0 Å². The van der Waals surface area contributed by atoms with Crippen LogP contribution in [0.15, 0.2) is 55.0 Å². The molecule has 2 aromatic rings. The number of rotatable bonds is 3. The molecule has 0 aliphatic heterocycles. The summed E-state index contributed by atoms with van der Waals surface area (Å²) in [6.07, 6.45) is 11.9. The van der Waals surface area contributed by atoms with Crippen molar-refractivity contribution in [2.75, 3.05) is 4.90 Å². The predicted molar refractivity (Wildman–Crippen MR) is 79.3 cm³/mol. The Labute approximate surface area is 121 Å². The maximum absolute atomic E-state index is 11.5. The van der Waals surface area contributed by atoms with Gasteiger partial charge in [0.25, 0.3) is 0 Å². The fourth-order valence-corrected chi connectivity index (χ4v) is 2.17. The summed E-state index contributed by atoms with van der Waals surface area (Å²) in [4.78, 5) is 16.6. The lowest BCUT2D eigenvalue weighted by Crippen LogP contribution is -2.24. The van der Waals surface area contributed by atoms with Crippen molar-refractivity contribution < 1.29 is 9.90 Å². The second kappa shape index (κ2) is 5.62. The third kappa shape index (κ3) is 2.69. The number of carbonyl (C=O) groups is 1. The topological polar surface area (TPSA) is 71.2 Å². The van der Waals surface area contributed by atoms with E-state index < -0.39 is 6.09 Å². The minimum Gasteiger partial charge on any atom is -0.464 e. The summed E-state index contributed by atoms with van der Waals surface area (Å²) in [6.45, 7) is 0. The van der Waals surface area contributed by atoms with Gasteiger partial charge in [0.1, 0.15) is 0 Å². The highest BCUT2D eigenvalue weighted by molar-refractivity contribution is 5.93. The summed E-state index contributed by atoms with van der Waals surface area (Å²) in [7, 11) is 0. The summed E-state index contributed by atoms with van der Waals surface area (Å²) in [5.74, 6) is 0.343. The first-order valence-electron chi connectivity index (χ1n) is 6.61. The molecule has 0 bridgehead atoms. The third-order valence-electron chi connectivity index (χ3n) is 3.14. The number of aromatic nitrogens is 3. The fourth-order valence-electron chi connectivity index (χ4n) is 2.17. The van der Waals surface area contributed by atoms with E-state index >= 15 is 0 Å². The number of carboxylic acid groups (broad SMARTS) is 1. The van der Waals surface area contributed by atoms with Gasteiger partial charge in [-0.05, 0) is 31.1 Å². The molecule has 2 aromatic heterocycles. The van der Waals surface area contributed by atoms with Crippen molar-refractivity contribution in [3.05, 3.63) is 55.0 Å². The molecule has 0 fully saturated rings. The number of pyridine rings is 1. The summed E-state index contributed by atoms with van der Waals surface area (Å²) in [5.41, 5.74) is 1.41. The molecule has 1 aliphatic rings. The maximum Gasteiger partial charge on any atom is 0.417 e. The zero-order valence-corrected chi connectivity index (χ0v) is 11.3. The van der Waals surface area contributed by atoms with E-state index in [4.69, 9.17) is 0 Å². The van der Waals surface area contributed by atoms with Gasteiger partial charge in [0.2, 0.25) is 0 Å². The minimum absolute atomic E-state index is 0.343. The molecule has 0 radical (unpaired) electrons. The van der Waals surface area contributed by atoms with E-state index in [1.54, 1.807) is 35.3 Å². The normalized spacial score (nSPS) is 13.8. The van der Waals surface area contributed by atoms with Crippen LogP contribution in [0.4, 0.5) is 16.3 Å². The Morgan fingerprint density at radius 3 is 2.90 bits per heavy atom. The third-order valence-corrected chi connectivity index (χ3v) is 3.14. The molecule has 1 amide bonds. The van der Waals surface area contributed by atoms with Gasteiger partial charge in [-0.15, -0.1) is 5.10 Å². The Hall–Kier alpha value is -2.89. The molecule has 6 nitrogen and oxygen atoms in total. The number of amides is 1. The van der Waals surface area contributed by atoms with E-state index in [9.17, 15) is 9.90 Å². The zero-order chi connectivity index (χ0) is 14.7. The zero-order valence-electron chi connectivity index (χ0n) is 11.3. The van der Waals surface area contributed by atoms with Crippen LogP contribution in [0.3, 0.4) is 0 Å². The van der Waals surface area contributed by atoms with E-state index in [2.05, 4.69) is 22.2 Å². The lowest BCUT2D eigenvalue weighted by Gasteiger charge is -2.15. The van der Waals surface area contributed by atoms with Crippen LogP contribution >= 0.6 is 0 Å². The fraction of sp³-hybridized carbons (Fsp3) is 0.133. The van der Waals surface area contributed by atoms with Crippen molar-refractivity contribution >= 4 is 23.3 Å². The first-order chi connectivity index (χ1) is 10.3. The van der Waals surface area contributed by atoms with Crippen LogP contribution in [0.25, 0.3) is 5.70 Å². The standard InChI is InChI=1S/C15H14N4O2/c20-15(21)19(13-7-4-9-16-11-13)14-8-10-18(17-14)12-5-2-1-3-6-12/h2,4-11H,1,3H2,(H,20,21). The second-order valence-electron chi connectivity index (χ2n) is 4.56. The lowest BCUT2D eigenvalue weighted by molar-refractivity contribution is 0.204. The molecule has 0 unspecified atom stereocenters. The van der Waals surface area contributed by atoms with Crippen molar-refractivity contribution in [1.29, 1.82) is 0 Å². The smallest absolute Gasteiger partial charge is 0.417 e. The van der Waals surface area contributed by atoms with Gasteiger partial charge in [0, 0.05) is 18.5 Å². The molecule has 0 saturated heterocycles. The molecule has 1 N–H and O–H groups in total. The monoisotopic (exact) mass is 282 g/mol. The van der Waals surface area contributed by atoms with Crippen molar-refractivity contribution in [3.63, 3.8) is 0 Å². The Kier molecular flexibility index (Phi) is 3.51. The highest BCUT2D eigenvalue weighted by atomic mass is 16.4. The highest BCUT2D eigenvalue weighted by Gasteiger charge is 2.20. The molecule has 106 valence electrons. The minimum atomic E-state index is -1.10. The first kappa shape index (κ1) is 13.1. The molecule has 21 heavy (non-hydrogen) atoms. The first-order valence-corrected chi connectivity index (χ1v) is 6.61. The highest BCUT2D eigenvalue weighted by Crippen LogP contribution is 2.24. The summed E-state index contributed by atoms with van der Waals surface area (Å²) < 4.78 is 1.68. The molecule has 0 aromatic carbocycles. The van der Waals surface area contributed by atoms with E-state index in [1.807, 2.05) is 6.08 Å². The second-order valence-corrected chi connectivity index (χ2v) is 4.56. The van der Waals surface area contributed by atoms with E-state index in [-0.39, 0.29) is 0 Å². The average molecular weight is 282 g/mol. The number of allylic oxidation sites excluding steroid dienone is 4. The van der Waals surface area contributed by atoms with Crippen LogP contribution in [-0.2, 0) is 0 Å². The van der Waals surface area contributed by atoms with E-state index in [1.165, 1.54) is 6.20 Å². The van der Waals surface area contributed by atoms with Gasteiger partial charge in [0.05, 0.1) is 17.6 Å². The molecule has 0 spiro atoms. The molecular formula is C15H14N4O2. The van der Waals surface area contributed by atoms with Crippen LogP contribution < -0.4 is 4.90 Å². The van der Waals surface area contributed by atoms with E-state index in [0.29, 0.717) is 11.5 Å². The number of hydrogen-bond acceptors (Lipinski definition) is 3. The Bertz CT molecular complexity index is 703. The van der Waals surface area contributed by atoms with Gasteiger partial charge in [-0.1, -0.05) is 12.2 Å². The Morgan fingerprint density at radius 2 is 2.24 bits per heavy atom. The number of anilines is 2. The van der Waals surface area contributed by atoms with Gasteiger partial charge in [-0.25, -0.2) is 14.4 Å². The predicted octanol–water partition coefficient (Wildman–Crippen LogP) is 3.29. The molecular weight excluding hydrogens is 268 g/mol. The Balaban J connectivity index is 1.95. The van der Waals surface area contributed by atoms with Crippen molar-refractivity contribution in [2.45, 2.75) is 12.8 Å². The number of nitrogens with zero attached hydrogens (tertiary/aromatic N) is 4. The average Bonchev–Trinajstić information content (AvgIpc) is 2.98. The van der Waals surface area contributed by atoms with Crippen LogP contribution in [-0.4, -0.2) is 26.0 Å². The van der Waals surface area contributed by atoms with Crippen LogP contribution in [0.5, 0.6) is 0 Å². The van der Waals surface area contributed by atoms with Crippen molar-refractivity contribution in [1.82, 2.24) is 14.8 Å². The van der Waals surface area contributed by atoms with Gasteiger partial charge in [0.15, 0.2) is 5.82 Å². The summed E-state index contributed by atoms with van der Waals surface area (Å²) >= 11 is 0. The van der Waals surface area contributed by atoms with Gasteiger partial charge >= 0.3 is 6.09 Å². The quantitative estimate of drug-likeness (QED) is 0.937. The van der Waals surface area contributed by atoms with E-state index in [0.717, 1.165) is 23.4 Å². The molecule has 1 aliphatic carbocycles.